The predicted molar refractivity (Wildman–Crippen MR) is 316 cm³/mol. The fourth-order valence-corrected chi connectivity index (χ4v) is 0. The Labute approximate surface area is 2330 Å². The zero-order valence-electron chi connectivity index (χ0n) is 43.5. The van der Waals surface area contributed by atoms with Crippen molar-refractivity contribution >= 4 is 1500 Å². The van der Waals surface area contributed by atoms with E-state index in [4.69, 9.17) is 0 Å². The number of hydrogen-bond acceptors (Lipinski definition) is 0. The Balaban J connectivity index is 0. The quantitative estimate of drug-likeness (QED) is 0.212. The van der Waals surface area contributed by atoms with Crippen molar-refractivity contribution in [3.63, 3.8) is 0 Å². The van der Waals surface area contributed by atoms with Gasteiger partial charge >= 0.3 is 0 Å². The van der Waals surface area contributed by atoms with Crippen molar-refractivity contribution in [1.29, 1.82) is 0 Å². The van der Waals surface area contributed by atoms with Crippen LogP contribution in [0.1, 0.15) is 0 Å². The number of rotatable bonds is 0. The summed E-state index contributed by atoms with van der Waals surface area (Å²) in [6.45, 7) is 0. The molecule has 0 spiro atoms. The van der Waals surface area contributed by atoms with Crippen LogP contribution in [0.3, 0.4) is 0 Å². The van der Waals surface area contributed by atoms with Crippen LogP contribution in [0.5, 0.6) is 0 Å². The average Bonchev–Trinajstić information content (AvgIpc) is 0. The molecule has 0 aliphatic heterocycles. The normalized spacial score (nSPS) is 0. The standard InChI is InChI=1S/53Cu.55Pb. The summed E-state index contributed by atoms with van der Waals surface area (Å²) in [6, 6.07) is 0. The molecule has 0 nitrogen and oxygen atoms in total. The molecule has 0 aromatic rings. The van der Waals surface area contributed by atoms with Crippen LogP contribution < -0.4 is 0 Å². The summed E-state index contributed by atoms with van der Waals surface area (Å²) in [6.07, 6.45) is 0. The summed E-state index contributed by atoms with van der Waals surface area (Å²) < 4.78 is 0. The molecule has 0 unspecified atom stereocenters. The van der Waals surface area contributed by atoms with Crippen LogP contribution in [-0.4, -0.2) is 1500 Å². The largest absolute Gasteiger partial charge is 0 e. The molecule has 0 aromatic heterocycles. The van der Waals surface area contributed by atoms with Gasteiger partial charge in [0.05, 0.1) is 0 Å². The van der Waals surface area contributed by atoms with Crippen molar-refractivity contribution in [2.75, 3.05) is 0 Å². The molecule has 0 amide bonds. The molecule has 0 saturated heterocycles. The smallest absolute Gasteiger partial charge is 0 e. The van der Waals surface area contributed by atoms with Crippen molar-refractivity contribution in [2.24, 2.45) is 0 Å². The van der Waals surface area contributed by atoms with Gasteiger partial charge in [-0.1, -0.05) is 0 Å². The molecular weight excluding hydrogens is 14800 g/mol. The third-order valence-electron chi connectivity index (χ3n) is 0. The third kappa shape index (κ3) is 1010. The van der Waals surface area contributed by atoms with Gasteiger partial charge in [-0.15, -0.1) is 0 Å². The zero-order chi connectivity index (χ0) is 0. The Morgan fingerprint density at radius 3 is 0.0185 bits per heavy atom. The summed E-state index contributed by atoms with van der Waals surface area (Å²) in [5.41, 5.74) is 0. The fourth-order valence-electron chi connectivity index (χ4n) is 0. The Morgan fingerprint density at radius 2 is 0.0185 bits per heavy atom. The molecule has 803 valence electrons. The molecule has 0 aliphatic rings. The second-order valence-corrected chi connectivity index (χ2v) is 0. The van der Waals surface area contributed by atoms with Crippen LogP contribution in [0.25, 0.3) is 0 Å². The van der Waals surface area contributed by atoms with Gasteiger partial charge in [-0.05, 0) is 0 Å². The van der Waals surface area contributed by atoms with Crippen molar-refractivity contribution in [2.45, 2.75) is 0 Å². The van der Waals surface area contributed by atoms with Crippen LogP contribution in [0.4, 0.5) is 0 Å². The first-order chi connectivity index (χ1) is 0. The first-order valence-electron chi connectivity index (χ1n) is 0. The summed E-state index contributed by atoms with van der Waals surface area (Å²) in [5.74, 6) is 0. The van der Waals surface area contributed by atoms with E-state index in [9.17, 15) is 0 Å². The van der Waals surface area contributed by atoms with Gasteiger partial charge in [0.1, 0.15) is 0 Å². The van der Waals surface area contributed by atoms with Crippen molar-refractivity contribution in [1.82, 2.24) is 0 Å². The molecule has 108 heavy (non-hydrogen) atoms. The second kappa shape index (κ2) is 1030. The molecule has 273 radical (unpaired) electrons. The average molecular weight is 14800 g/mol. The first-order valence-corrected chi connectivity index (χ1v) is 0. The van der Waals surface area contributed by atoms with Crippen LogP contribution in [0.15, 0.2) is 0 Å². The van der Waals surface area contributed by atoms with E-state index in [1.165, 1.54) is 0 Å². The van der Waals surface area contributed by atoms with E-state index >= 15 is 0 Å². The Hall–Kier alpha value is 78.2. The van der Waals surface area contributed by atoms with Crippen LogP contribution in [0, 0.1) is 0 Å². The van der Waals surface area contributed by atoms with Gasteiger partial charge in [0, 0.05) is 2410 Å². The van der Waals surface area contributed by atoms with Crippen molar-refractivity contribution in [3.8, 4) is 0 Å². The van der Waals surface area contributed by atoms with Crippen LogP contribution in [-0.2, 0) is 905 Å². The number of hydrogen-bond donors (Lipinski definition) is 0. The first kappa shape index (κ1) is 1040. The molecule has 108 heteroatoms. The molecule has 0 fully saturated rings. The topological polar surface area (TPSA) is 0 Å². The van der Waals surface area contributed by atoms with Gasteiger partial charge < -0.3 is 0 Å². The van der Waals surface area contributed by atoms with E-state index < -0.39 is 0 Å². The van der Waals surface area contributed by atoms with E-state index in [-0.39, 0.29) is 2410 Å². The van der Waals surface area contributed by atoms with Gasteiger partial charge in [0.2, 0.25) is 0 Å². The summed E-state index contributed by atoms with van der Waals surface area (Å²) >= 11 is 0. The van der Waals surface area contributed by atoms with Crippen molar-refractivity contribution < 1.29 is 905 Å². The van der Waals surface area contributed by atoms with Gasteiger partial charge in [-0.25, -0.2) is 0 Å². The molecular formula is Cu53Pb55. The third-order valence-corrected chi connectivity index (χ3v) is 0. The molecule has 0 aliphatic carbocycles. The summed E-state index contributed by atoms with van der Waals surface area (Å²) in [5, 5.41) is 0. The molecule has 0 aromatic carbocycles. The molecule has 0 N–H and O–H groups in total. The second-order valence-electron chi connectivity index (χ2n) is 0. The Kier molecular flexibility index (Phi) is 9930. The fraction of sp³-hybridized carbons (Fsp3) is 0. The molecule has 0 saturated carbocycles. The van der Waals surface area contributed by atoms with E-state index in [2.05, 4.69) is 0 Å². The maximum atomic E-state index is 0. The van der Waals surface area contributed by atoms with Gasteiger partial charge in [-0.2, -0.15) is 0 Å². The summed E-state index contributed by atoms with van der Waals surface area (Å²) in [7, 11) is 0. The maximum absolute atomic E-state index is 0. The van der Waals surface area contributed by atoms with E-state index in [0.717, 1.165) is 0 Å². The van der Waals surface area contributed by atoms with Crippen molar-refractivity contribution in [3.05, 3.63) is 0 Å². The monoisotopic (exact) mass is 14800 g/mol. The molecule has 0 bridgehead atoms. The van der Waals surface area contributed by atoms with E-state index in [1.54, 1.807) is 0 Å². The molecule has 0 rings (SSSR count). The minimum Gasteiger partial charge on any atom is 0 e. The summed E-state index contributed by atoms with van der Waals surface area (Å²) in [4.78, 5) is 0. The molecule has 0 heterocycles. The van der Waals surface area contributed by atoms with Crippen LogP contribution >= 0.6 is 0 Å². The molecule has 0 atom stereocenters. The van der Waals surface area contributed by atoms with Gasteiger partial charge in [0.25, 0.3) is 0 Å². The maximum Gasteiger partial charge on any atom is 0 e. The van der Waals surface area contributed by atoms with E-state index in [0.29, 0.717) is 0 Å². The van der Waals surface area contributed by atoms with Crippen LogP contribution in [0.2, 0.25) is 0 Å². The Morgan fingerprint density at radius 1 is 0.0185 bits per heavy atom. The zero-order valence-corrected chi connectivity index (χ0v) is 307. The Bertz CT molecular complexity index is 108. The predicted octanol–water partition coefficient (Wildman–Crippen LogP) is -21.1. The SMILES string of the molecule is [Cu].[Cu].[Cu].[Cu].[Cu].[Cu].[Cu].[Cu].[Cu].[Cu].[Cu].[Cu].[Cu].[Cu].[Cu].[Cu].[Cu].[Cu].[Cu].[Cu].[Cu].[Cu].[Cu].[Cu].[Cu].[Cu].[Cu].[Cu].[Cu].[Cu].[Cu].[Cu].[Cu].[Cu].[Cu].[Cu].[Cu].[Cu].[Cu].[Cu].[Cu].[Cu].[Cu].[Cu].[Cu].[Cu].[Cu].[Cu].[Cu].[Cu].[Cu].[Cu].[Cu].[Pb].[Pb].[Pb].[Pb].[Pb].[Pb].[Pb].[Pb].[Pb].[Pb].[Pb].[Pb].[Pb].[Pb].[Pb].[Pb].[Pb].[Pb].[Pb].[Pb].[Pb].[Pb].[Pb].[Pb].[Pb].[Pb].[Pb].[Pb].[Pb].[Pb].[Pb].[Pb].[Pb].[Pb].[Pb].[Pb].[Pb].[Pb].[Pb].[Pb].[Pb].[Pb].[Pb].[Pb].[Pb].[Pb].[Pb].[Pb].[Pb].[Pb].[Pb].[Pb].[Pb].[Pb].[Pb]. The van der Waals surface area contributed by atoms with Gasteiger partial charge in [-0.3, -0.25) is 0 Å². The van der Waals surface area contributed by atoms with E-state index in [1.807, 2.05) is 0 Å². The minimum absolute atomic E-state index is 0. The minimum atomic E-state index is 0. The van der Waals surface area contributed by atoms with Gasteiger partial charge in [0.15, 0.2) is 0 Å².